The summed E-state index contributed by atoms with van der Waals surface area (Å²) in [7, 11) is 0. The molecule has 0 aliphatic heterocycles. The van der Waals surface area contributed by atoms with E-state index in [2.05, 4.69) is 20.2 Å². The van der Waals surface area contributed by atoms with Crippen molar-refractivity contribution in [3.63, 3.8) is 0 Å². The fraction of sp³-hybridized carbons (Fsp3) is 0. The van der Waals surface area contributed by atoms with Crippen LogP contribution in [0.4, 0.5) is 8.78 Å². The maximum Gasteiger partial charge on any atom is 0.176 e. The van der Waals surface area contributed by atoms with E-state index in [1.54, 1.807) is 24.3 Å². The summed E-state index contributed by atoms with van der Waals surface area (Å²) in [4.78, 5) is 8.24. The SMILES string of the molecule is Fc1cc(F)c(-c2ncccc2-c2ccc3ncnn3n2)cc1Cl. The lowest BCUT2D eigenvalue weighted by molar-refractivity contribution is 0.585. The quantitative estimate of drug-likeness (QED) is 0.520. The Balaban J connectivity index is 1.94. The highest BCUT2D eigenvalue weighted by Gasteiger charge is 2.16. The van der Waals surface area contributed by atoms with Crippen LogP contribution in [-0.2, 0) is 0 Å². The number of fused-ring (bicyclic) bond motifs is 1. The second kappa shape index (κ2) is 5.61. The molecule has 0 N–H and O–H groups in total. The van der Waals surface area contributed by atoms with Crippen molar-refractivity contribution in [3.8, 4) is 22.5 Å². The molecule has 1 aromatic carbocycles. The van der Waals surface area contributed by atoms with Gasteiger partial charge >= 0.3 is 0 Å². The van der Waals surface area contributed by atoms with Crippen molar-refractivity contribution in [2.45, 2.75) is 0 Å². The molecule has 0 spiro atoms. The third-order valence-corrected chi connectivity index (χ3v) is 3.79. The molecule has 0 radical (unpaired) electrons. The molecule has 0 fully saturated rings. The summed E-state index contributed by atoms with van der Waals surface area (Å²) in [5.74, 6) is -1.57. The number of benzene rings is 1. The van der Waals surface area contributed by atoms with Crippen molar-refractivity contribution in [3.05, 3.63) is 65.6 Å². The Bertz CT molecular complexity index is 1060. The average Bonchev–Trinajstić information content (AvgIpc) is 3.06. The predicted octanol–water partition coefficient (Wildman–Crippen LogP) is 3.78. The largest absolute Gasteiger partial charge is 0.255 e. The van der Waals surface area contributed by atoms with Crippen LogP contribution in [0, 0.1) is 11.6 Å². The van der Waals surface area contributed by atoms with Crippen LogP contribution in [0.25, 0.3) is 28.2 Å². The number of aromatic nitrogens is 5. The summed E-state index contributed by atoms with van der Waals surface area (Å²) in [6.07, 6.45) is 2.90. The topological polar surface area (TPSA) is 56.0 Å². The van der Waals surface area contributed by atoms with E-state index in [0.29, 0.717) is 22.6 Å². The van der Waals surface area contributed by atoms with Crippen molar-refractivity contribution in [1.82, 2.24) is 24.8 Å². The van der Waals surface area contributed by atoms with E-state index in [4.69, 9.17) is 11.6 Å². The van der Waals surface area contributed by atoms with E-state index in [9.17, 15) is 8.78 Å². The van der Waals surface area contributed by atoms with E-state index in [0.717, 1.165) is 6.07 Å². The molecule has 5 nitrogen and oxygen atoms in total. The second-order valence-corrected chi connectivity index (χ2v) is 5.38. The van der Waals surface area contributed by atoms with Crippen molar-refractivity contribution >= 4 is 17.2 Å². The maximum absolute atomic E-state index is 14.2. The van der Waals surface area contributed by atoms with E-state index >= 15 is 0 Å². The molecule has 3 aromatic heterocycles. The Labute approximate surface area is 139 Å². The number of pyridine rings is 1. The van der Waals surface area contributed by atoms with Gasteiger partial charge in [-0.2, -0.15) is 0 Å². The molecule has 118 valence electrons. The lowest BCUT2D eigenvalue weighted by Crippen LogP contribution is -1.99. The smallest absolute Gasteiger partial charge is 0.176 e. The van der Waals surface area contributed by atoms with Crippen LogP contribution in [0.5, 0.6) is 0 Å². The van der Waals surface area contributed by atoms with E-state index in [1.165, 1.54) is 23.2 Å². The molecule has 4 aromatic rings. The van der Waals surface area contributed by atoms with Gasteiger partial charge in [0.25, 0.3) is 0 Å². The Kier molecular flexibility index (Phi) is 3.42. The standard InChI is InChI=1S/C16H8ClF2N5/c17-11-6-10(12(18)7-13(11)19)16-9(2-1-5-20-16)14-3-4-15-21-8-22-24(15)23-14/h1-8H. The predicted molar refractivity (Wildman–Crippen MR) is 84.4 cm³/mol. The zero-order valence-corrected chi connectivity index (χ0v) is 12.7. The highest BCUT2D eigenvalue weighted by molar-refractivity contribution is 6.31. The molecule has 0 atom stereocenters. The highest BCUT2D eigenvalue weighted by Crippen LogP contribution is 2.33. The molecule has 0 aliphatic rings. The van der Waals surface area contributed by atoms with Gasteiger partial charge in [-0.3, -0.25) is 4.98 Å². The fourth-order valence-corrected chi connectivity index (χ4v) is 2.56. The van der Waals surface area contributed by atoms with E-state index < -0.39 is 11.6 Å². The van der Waals surface area contributed by atoms with Gasteiger partial charge < -0.3 is 0 Å². The van der Waals surface area contributed by atoms with Gasteiger partial charge in [0, 0.05) is 23.4 Å². The highest BCUT2D eigenvalue weighted by atomic mass is 35.5. The number of rotatable bonds is 2. The monoisotopic (exact) mass is 343 g/mol. The first-order valence-corrected chi connectivity index (χ1v) is 7.28. The van der Waals surface area contributed by atoms with Crippen molar-refractivity contribution in [2.75, 3.05) is 0 Å². The van der Waals surface area contributed by atoms with Gasteiger partial charge in [0.1, 0.15) is 18.0 Å². The third-order valence-electron chi connectivity index (χ3n) is 3.50. The average molecular weight is 344 g/mol. The van der Waals surface area contributed by atoms with Gasteiger partial charge in [-0.25, -0.2) is 13.8 Å². The first-order valence-electron chi connectivity index (χ1n) is 6.91. The molecule has 0 amide bonds. The summed E-state index contributed by atoms with van der Waals surface area (Å²) < 4.78 is 29.0. The Morgan fingerprint density at radius 1 is 0.958 bits per heavy atom. The minimum atomic E-state index is -0.822. The second-order valence-electron chi connectivity index (χ2n) is 4.97. The van der Waals surface area contributed by atoms with E-state index in [1.807, 2.05) is 0 Å². The molecular weight excluding hydrogens is 336 g/mol. The van der Waals surface area contributed by atoms with Crippen LogP contribution in [-0.4, -0.2) is 24.8 Å². The van der Waals surface area contributed by atoms with Crippen molar-refractivity contribution in [1.29, 1.82) is 0 Å². The summed E-state index contributed by atoms with van der Waals surface area (Å²) in [6.45, 7) is 0. The molecule has 0 bridgehead atoms. The number of hydrogen-bond donors (Lipinski definition) is 0. The Hall–Kier alpha value is -2.93. The molecule has 8 heteroatoms. The zero-order valence-electron chi connectivity index (χ0n) is 12.0. The van der Waals surface area contributed by atoms with Gasteiger partial charge in [-0.05, 0) is 30.3 Å². The molecule has 4 rings (SSSR count). The van der Waals surface area contributed by atoms with Crippen LogP contribution in [0.3, 0.4) is 0 Å². The zero-order chi connectivity index (χ0) is 16.7. The Morgan fingerprint density at radius 3 is 2.71 bits per heavy atom. The first kappa shape index (κ1) is 14.6. The number of nitrogens with zero attached hydrogens (tertiary/aromatic N) is 5. The van der Waals surface area contributed by atoms with Crippen LogP contribution >= 0.6 is 11.6 Å². The lowest BCUT2D eigenvalue weighted by Gasteiger charge is -2.10. The van der Waals surface area contributed by atoms with Crippen LogP contribution in [0.2, 0.25) is 5.02 Å². The van der Waals surface area contributed by atoms with Gasteiger partial charge in [0.2, 0.25) is 0 Å². The van der Waals surface area contributed by atoms with Gasteiger partial charge in [0.15, 0.2) is 5.65 Å². The van der Waals surface area contributed by atoms with Crippen molar-refractivity contribution in [2.24, 2.45) is 0 Å². The summed E-state index contributed by atoms with van der Waals surface area (Å²) in [5, 5.41) is 8.14. The minimum Gasteiger partial charge on any atom is -0.255 e. The summed E-state index contributed by atoms with van der Waals surface area (Å²) in [6, 6.07) is 8.86. The molecule has 0 unspecified atom stereocenters. The minimum absolute atomic E-state index is 0.0949. The molecular formula is C16H8ClF2N5. The summed E-state index contributed by atoms with van der Waals surface area (Å²) >= 11 is 5.79. The third kappa shape index (κ3) is 2.39. The molecule has 0 saturated carbocycles. The first-order chi connectivity index (χ1) is 11.6. The number of hydrogen-bond acceptors (Lipinski definition) is 4. The fourth-order valence-electron chi connectivity index (χ4n) is 2.39. The molecule has 24 heavy (non-hydrogen) atoms. The van der Waals surface area contributed by atoms with Crippen LogP contribution in [0.15, 0.2) is 48.9 Å². The number of halogens is 3. The van der Waals surface area contributed by atoms with Gasteiger partial charge in [-0.1, -0.05) is 11.6 Å². The van der Waals surface area contributed by atoms with Crippen LogP contribution < -0.4 is 0 Å². The molecule has 0 aliphatic carbocycles. The summed E-state index contributed by atoms with van der Waals surface area (Å²) in [5.41, 5.74) is 2.08. The van der Waals surface area contributed by atoms with Gasteiger partial charge in [0.05, 0.1) is 16.4 Å². The molecule has 3 heterocycles. The normalized spacial score (nSPS) is 11.1. The van der Waals surface area contributed by atoms with E-state index in [-0.39, 0.29) is 10.6 Å². The van der Waals surface area contributed by atoms with Gasteiger partial charge in [-0.15, -0.1) is 14.8 Å². The Morgan fingerprint density at radius 2 is 1.83 bits per heavy atom. The lowest BCUT2D eigenvalue weighted by atomic mass is 10.0. The maximum atomic E-state index is 14.2. The van der Waals surface area contributed by atoms with Crippen molar-refractivity contribution < 1.29 is 8.78 Å². The molecule has 0 saturated heterocycles. The van der Waals surface area contributed by atoms with Crippen LogP contribution in [0.1, 0.15) is 0 Å².